The first-order chi connectivity index (χ1) is 9.04. The maximum atomic E-state index is 4.88. The van der Waals surface area contributed by atoms with E-state index in [1.807, 2.05) is 11.8 Å². The lowest BCUT2D eigenvalue weighted by Crippen LogP contribution is -2.30. The molecule has 0 aliphatic carbocycles. The van der Waals surface area contributed by atoms with E-state index in [1.54, 1.807) is 0 Å². The number of nitrogens with one attached hydrogen (secondary N) is 1. The predicted molar refractivity (Wildman–Crippen MR) is 87.6 cm³/mol. The Morgan fingerprint density at radius 3 is 2.79 bits per heavy atom. The molecule has 0 fully saturated rings. The second-order valence-electron chi connectivity index (χ2n) is 5.40. The van der Waals surface area contributed by atoms with E-state index in [9.17, 15) is 0 Å². The molecule has 1 aromatic rings. The molecule has 0 bridgehead atoms. The van der Waals surface area contributed by atoms with Gasteiger partial charge >= 0.3 is 0 Å². The van der Waals surface area contributed by atoms with Crippen molar-refractivity contribution in [1.82, 2.24) is 0 Å². The highest BCUT2D eigenvalue weighted by molar-refractivity contribution is 8.14. The number of hydrogen-bond donors (Lipinski definition) is 1. The molecule has 4 heteroatoms. The van der Waals surface area contributed by atoms with E-state index in [2.05, 4.69) is 62.4 Å². The van der Waals surface area contributed by atoms with Crippen LogP contribution in [0.15, 0.2) is 29.3 Å². The standard InChI is InChI=1S/C15H23N3S/c1-5-15(2)10-11-19-14(17-15)16-12-8-6-7-9-13(12)18(3)4/h6-9H,5,10-11H2,1-4H3,(H,16,17). The quantitative estimate of drug-likeness (QED) is 0.910. The fourth-order valence-corrected chi connectivity index (χ4v) is 3.31. The smallest absolute Gasteiger partial charge is 0.161 e. The van der Waals surface area contributed by atoms with E-state index in [0.717, 1.165) is 29.4 Å². The number of nitrogens with zero attached hydrogens (tertiary/aromatic N) is 2. The van der Waals surface area contributed by atoms with Crippen molar-refractivity contribution in [2.24, 2.45) is 4.99 Å². The molecule has 0 radical (unpaired) electrons. The van der Waals surface area contributed by atoms with Gasteiger partial charge < -0.3 is 10.2 Å². The number of hydrogen-bond acceptors (Lipinski definition) is 4. The van der Waals surface area contributed by atoms with Crippen LogP contribution in [-0.2, 0) is 0 Å². The molecule has 0 spiro atoms. The molecule has 1 N–H and O–H groups in total. The second-order valence-corrected chi connectivity index (χ2v) is 6.49. The Kier molecular flexibility index (Phi) is 4.40. The molecule has 0 aromatic heterocycles. The Bertz CT molecular complexity index is 470. The topological polar surface area (TPSA) is 27.6 Å². The van der Waals surface area contributed by atoms with Gasteiger partial charge in [-0.1, -0.05) is 30.8 Å². The van der Waals surface area contributed by atoms with Crippen LogP contribution in [0.2, 0.25) is 0 Å². The molecule has 1 heterocycles. The summed E-state index contributed by atoms with van der Waals surface area (Å²) in [6.45, 7) is 4.46. The van der Waals surface area contributed by atoms with Crippen molar-refractivity contribution in [2.45, 2.75) is 32.2 Å². The minimum atomic E-state index is 0.0979. The molecular formula is C15H23N3S. The highest BCUT2D eigenvalue weighted by atomic mass is 32.2. The zero-order valence-corrected chi connectivity index (χ0v) is 13.0. The van der Waals surface area contributed by atoms with Gasteiger partial charge in [0.1, 0.15) is 0 Å². The number of rotatable bonds is 3. The summed E-state index contributed by atoms with van der Waals surface area (Å²) < 4.78 is 0. The third-order valence-corrected chi connectivity index (χ3v) is 4.52. The Morgan fingerprint density at radius 1 is 1.37 bits per heavy atom. The van der Waals surface area contributed by atoms with Crippen LogP contribution in [-0.4, -0.2) is 30.6 Å². The van der Waals surface area contributed by atoms with Crippen molar-refractivity contribution >= 4 is 28.3 Å². The van der Waals surface area contributed by atoms with E-state index in [1.165, 1.54) is 5.69 Å². The van der Waals surface area contributed by atoms with Crippen LogP contribution in [0.3, 0.4) is 0 Å². The third-order valence-electron chi connectivity index (χ3n) is 3.64. The highest BCUT2D eigenvalue weighted by Gasteiger charge is 2.26. The minimum absolute atomic E-state index is 0.0979. The molecule has 1 atom stereocenters. The number of aliphatic imine (C=N–C) groups is 1. The summed E-state index contributed by atoms with van der Waals surface area (Å²) in [4.78, 5) is 7.00. The summed E-state index contributed by atoms with van der Waals surface area (Å²) in [5.74, 6) is 1.14. The van der Waals surface area contributed by atoms with Crippen molar-refractivity contribution in [2.75, 3.05) is 30.1 Å². The van der Waals surface area contributed by atoms with Crippen molar-refractivity contribution in [3.8, 4) is 0 Å². The molecule has 3 nitrogen and oxygen atoms in total. The van der Waals surface area contributed by atoms with Gasteiger partial charge in [-0.3, -0.25) is 4.99 Å². The monoisotopic (exact) mass is 277 g/mol. The van der Waals surface area contributed by atoms with Gasteiger partial charge in [-0.2, -0.15) is 0 Å². The fraction of sp³-hybridized carbons (Fsp3) is 0.533. The number of anilines is 2. The van der Waals surface area contributed by atoms with Crippen LogP contribution in [0.5, 0.6) is 0 Å². The lowest BCUT2D eigenvalue weighted by Gasteiger charge is -2.30. The molecular weight excluding hydrogens is 254 g/mol. The number of benzene rings is 1. The summed E-state index contributed by atoms with van der Waals surface area (Å²) in [5, 5.41) is 4.54. The Balaban J connectivity index is 2.22. The first-order valence-corrected chi connectivity index (χ1v) is 7.79. The maximum absolute atomic E-state index is 4.88. The molecule has 1 aliphatic rings. The summed E-state index contributed by atoms with van der Waals surface area (Å²) in [5.41, 5.74) is 2.41. The lowest BCUT2D eigenvalue weighted by atomic mass is 9.97. The Labute approximate surface area is 120 Å². The summed E-state index contributed by atoms with van der Waals surface area (Å²) >= 11 is 1.82. The Morgan fingerprint density at radius 2 is 2.11 bits per heavy atom. The first-order valence-electron chi connectivity index (χ1n) is 6.80. The van der Waals surface area contributed by atoms with E-state index in [0.29, 0.717) is 0 Å². The molecule has 19 heavy (non-hydrogen) atoms. The zero-order chi connectivity index (χ0) is 13.9. The average molecular weight is 277 g/mol. The number of amidine groups is 1. The minimum Gasteiger partial charge on any atom is -0.376 e. The van der Waals surface area contributed by atoms with Crippen molar-refractivity contribution in [3.63, 3.8) is 0 Å². The van der Waals surface area contributed by atoms with Crippen LogP contribution in [0.25, 0.3) is 0 Å². The van der Waals surface area contributed by atoms with Gasteiger partial charge in [0.2, 0.25) is 0 Å². The fourth-order valence-electron chi connectivity index (χ4n) is 2.11. The summed E-state index contributed by atoms with van der Waals surface area (Å²) in [6, 6.07) is 8.35. The lowest BCUT2D eigenvalue weighted by molar-refractivity contribution is 0.443. The molecule has 1 aliphatic heterocycles. The van der Waals surface area contributed by atoms with Crippen molar-refractivity contribution < 1.29 is 0 Å². The first kappa shape index (κ1) is 14.3. The molecule has 2 rings (SSSR count). The van der Waals surface area contributed by atoms with E-state index in [-0.39, 0.29) is 5.54 Å². The van der Waals surface area contributed by atoms with Gasteiger partial charge in [0.05, 0.1) is 16.9 Å². The Hall–Kier alpha value is -1.16. The van der Waals surface area contributed by atoms with Gasteiger partial charge in [0, 0.05) is 19.8 Å². The van der Waals surface area contributed by atoms with Crippen LogP contribution in [0.4, 0.5) is 11.4 Å². The SMILES string of the molecule is CCC1(C)CCSC(Nc2ccccc2N(C)C)=N1. The largest absolute Gasteiger partial charge is 0.376 e. The van der Waals surface area contributed by atoms with Gasteiger partial charge in [0.25, 0.3) is 0 Å². The van der Waals surface area contributed by atoms with Crippen LogP contribution >= 0.6 is 11.8 Å². The molecule has 1 aromatic carbocycles. The molecule has 1 unspecified atom stereocenters. The second kappa shape index (κ2) is 5.87. The van der Waals surface area contributed by atoms with Crippen LogP contribution in [0.1, 0.15) is 26.7 Å². The number of thioether (sulfide) groups is 1. The van der Waals surface area contributed by atoms with Gasteiger partial charge in [-0.05, 0) is 31.9 Å². The van der Waals surface area contributed by atoms with Gasteiger partial charge in [-0.15, -0.1) is 0 Å². The highest BCUT2D eigenvalue weighted by Crippen LogP contribution is 2.31. The van der Waals surface area contributed by atoms with Gasteiger partial charge in [-0.25, -0.2) is 0 Å². The third kappa shape index (κ3) is 3.44. The maximum Gasteiger partial charge on any atom is 0.161 e. The molecule has 0 amide bonds. The summed E-state index contributed by atoms with van der Waals surface area (Å²) in [7, 11) is 4.12. The van der Waals surface area contributed by atoms with Crippen molar-refractivity contribution in [1.29, 1.82) is 0 Å². The van der Waals surface area contributed by atoms with Gasteiger partial charge in [0.15, 0.2) is 5.17 Å². The molecule has 0 saturated carbocycles. The average Bonchev–Trinajstić information content (AvgIpc) is 2.39. The van der Waals surface area contributed by atoms with Crippen LogP contribution in [0, 0.1) is 0 Å². The molecule has 104 valence electrons. The van der Waals surface area contributed by atoms with E-state index in [4.69, 9.17) is 4.99 Å². The molecule has 0 saturated heterocycles. The number of para-hydroxylation sites is 2. The van der Waals surface area contributed by atoms with E-state index < -0.39 is 0 Å². The normalized spacial score (nSPS) is 22.8. The zero-order valence-electron chi connectivity index (χ0n) is 12.2. The predicted octanol–water partition coefficient (Wildman–Crippen LogP) is 3.83. The van der Waals surface area contributed by atoms with E-state index >= 15 is 0 Å². The summed E-state index contributed by atoms with van der Waals surface area (Å²) in [6.07, 6.45) is 2.25. The van der Waals surface area contributed by atoms with Crippen molar-refractivity contribution in [3.05, 3.63) is 24.3 Å². The van der Waals surface area contributed by atoms with Crippen LogP contribution < -0.4 is 10.2 Å².